The number of halogens is 2. The Kier molecular flexibility index (Phi) is 5.96. The average molecular weight is 508 g/mol. The molecule has 2 aromatic carbocycles. The van der Waals surface area contributed by atoms with Gasteiger partial charge in [0.15, 0.2) is 0 Å². The predicted molar refractivity (Wildman–Crippen MR) is 111 cm³/mol. The second-order valence-corrected chi connectivity index (χ2v) is 7.39. The summed E-state index contributed by atoms with van der Waals surface area (Å²) in [6.07, 6.45) is 1.37. The van der Waals surface area contributed by atoms with Gasteiger partial charge in [-0.05, 0) is 48.5 Å². The zero-order chi connectivity index (χ0) is 20.3. The summed E-state index contributed by atoms with van der Waals surface area (Å²) in [6.45, 7) is 0. The lowest BCUT2D eigenvalue weighted by molar-refractivity contribution is 0.0686. The number of carboxylic acid groups (broad SMARTS) is 2. The number of hydrogen-bond acceptors (Lipinski definition) is 5. The molecule has 3 aromatic rings. The number of carboxylic acids is 2. The molecule has 0 spiro atoms. The lowest BCUT2D eigenvalue weighted by atomic mass is 10.1. The highest BCUT2D eigenvalue weighted by molar-refractivity contribution is 9.10. The molecule has 1 heterocycles. The van der Waals surface area contributed by atoms with Crippen LogP contribution in [0.5, 0.6) is 0 Å². The van der Waals surface area contributed by atoms with E-state index < -0.39 is 11.9 Å². The number of nitrogens with zero attached hydrogens (tertiary/aromatic N) is 1. The number of rotatable bonds is 6. The number of benzene rings is 2. The normalized spacial score (nSPS) is 10.9. The Bertz CT molecular complexity index is 1090. The fraction of sp³-hybridized carbons (Fsp3) is 0. The molecule has 3 N–H and O–H groups in total. The highest BCUT2D eigenvalue weighted by Crippen LogP contribution is 2.28. The molecule has 9 heteroatoms. The largest absolute Gasteiger partial charge is 0.478 e. The van der Waals surface area contributed by atoms with Gasteiger partial charge >= 0.3 is 11.9 Å². The first-order chi connectivity index (χ1) is 13.3. The van der Waals surface area contributed by atoms with Gasteiger partial charge in [0.1, 0.15) is 11.5 Å². The van der Waals surface area contributed by atoms with Crippen LogP contribution in [0.2, 0.25) is 0 Å². The van der Waals surface area contributed by atoms with E-state index >= 15 is 0 Å². The van der Waals surface area contributed by atoms with Crippen molar-refractivity contribution in [3.05, 3.63) is 74.4 Å². The van der Waals surface area contributed by atoms with Crippen LogP contribution in [0.1, 0.15) is 26.5 Å². The van der Waals surface area contributed by atoms with Crippen molar-refractivity contribution in [2.45, 2.75) is 0 Å². The lowest BCUT2D eigenvalue weighted by Crippen LogP contribution is -2.02. The van der Waals surface area contributed by atoms with Crippen LogP contribution < -0.4 is 5.43 Å². The molecule has 142 valence electrons. The highest BCUT2D eigenvalue weighted by atomic mass is 79.9. The second kappa shape index (κ2) is 8.41. The third-order valence-electron chi connectivity index (χ3n) is 3.69. The first-order valence-corrected chi connectivity index (χ1v) is 9.38. The summed E-state index contributed by atoms with van der Waals surface area (Å²) in [6, 6.07) is 12.9. The van der Waals surface area contributed by atoms with Crippen LogP contribution in [0.4, 0.5) is 5.69 Å². The van der Waals surface area contributed by atoms with E-state index in [1.807, 2.05) is 0 Å². The van der Waals surface area contributed by atoms with Crippen molar-refractivity contribution in [3.63, 3.8) is 0 Å². The number of carbonyl (C=O) groups is 2. The summed E-state index contributed by atoms with van der Waals surface area (Å²) in [4.78, 5) is 22.7. The zero-order valence-electron chi connectivity index (χ0n) is 14.0. The van der Waals surface area contributed by atoms with E-state index in [4.69, 9.17) is 4.42 Å². The monoisotopic (exact) mass is 506 g/mol. The molecule has 0 aliphatic rings. The summed E-state index contributed by atoms with van der Waals surface area (Å²) >= 11 is 6.48. The molecule has 7 nitrogen and oxygen atoms in total. The molecule has 0 saturated carbocycles. The maximum atomic E-state index is 11.4. The van der Waals surface area contributed by atoms with Gasteiger partial charge in [-0.15, -0.1) is 0 Å². The molecule has 0 saturated heterocycles. The molecule has 0 radical (unpaired) electrons. The van der Waals surface area contributed by atoms with Gasteiger partial charge in [0.25, 0.3) is 0 Å². The summed E-state index contributed by atoms with van der Waals surface area (Å²) in [5, 5.41) is 22.6. The van der Waals surface area contributed by atoms with Gasteiger partial charge in [0, 0.05) is 14.5 Å². The number of hydrazone groups is 1. The molecular weight excluding hydrogens is 496 g/mol. The maximum Gasteiger partial charge on any atom is 0.337 e. The standard InChI is InChI=1S/C19H12Br2N2O5/c20-10-1-4-13(14(7-10)18(24)25)17-6-3-12(28-17)9-22-23-16-5-2-11(21)8-15(16)19(26)27/h1-9,23H,(H,24,25)(H,26,27). The molecular formula is C19H12Br2N2O5. The van der Waals surface area contributed by atoms with Crippen LogP contribution in [-0.2, 0) is 0 Å². The molecule has 28 heavy (non-hydrogen) atoms. The van der Waals surface area contributed by atoms with E-state index in [0.29, 0.717) is 31.7 Å². The van der Waals surface area contributed by atoms with Gasteiger partial charge in [-0.25, -0.2) is 9.59 Å². The van der Waals surface area contributed by atoms with E-state index in [0.717, 1.165) is 0 Å². The Labute approximate surface area is 175 Å². The molecule has 0 amide bonds. The van der Waals surface area contributed by atoms with Crippen LogP contribution in [-0.4, -0.2) is 28.4 Å². The topological polar surface area (TPSA) is 112 Å². The van der Waals surface area contributed by atoms with Gasteiger partial charge < -0.3 is 14.6 Å². The van der Waals surface area contributed by atoms with Gasteiger partial charge in [0.05, 0.1) is 23.0 Å². The molecule has 0 atom stereocenters. The lowest BCUT2D eigenvalue weighted by Gasteiger charge is -2.05. The van der Waals surface area contributed by atoms with Crippen molar-refractivity contribution in [1.82, 2.24) is 0 Å². The van der Waals surface area contributed by atoms with Gasteiger partial charge in [-0.2, -0.15) is 5.10 Å². The maximum absolute atomic E-state index is 11.4. The highest BCUT2D eigenvalue weighted by Gasteiger charge is 2.15. The molecule has 0 aliphatic carbocycles. The fourth-order valence-electron chi connectivity index (χ4n) is 2.43. The Hall–Kier alpha value is -2.91. The first-order valence-electron chi connectivity index (χ1n) is 7.80. The van der Waals surface area contributed by atoms with Crippen molar-refractivity contribution in [2.75, 3.05) is 5.43 Å². The number of furan rings is 1. The fourth-order valence-corrected chi connectivity index (χ4v) is 3.15. The molecule has 0 unspecified atom stereocenters. The van der Waals surface area contributed by atoms with E-state index in [1.165, 1.54) is 18.3 Å². The predicted octanol–water partition coefficient (Wildman–Crippen LogP) is 5.31. The van der Waals surface area contributed by atoms with E-state index in [1.54, 1.807) is 36.4 Å². The average Bonchev–Trinajstić information content (AvgIpc) is 3.11. The first kappa shape index (κ1) is 19.8. The van der Waals surface area contributed by atoms with Crippen LogP contribution in [0.15, 0.2) is 67.0 Å². The quantitative estimate of drug-likeness (QED) is 0.307. The smallest absolute Gasteiger partial charge is 0.337 e. The molecule has 0 fully saturated rings. The Morgan fingerprint density at radius 1 is 0.929 bits per heavy atom. The minimum absolute atomic E-state index is 0.0626. The molecule has 3 rings (SSSR count). The Balaban J connectivity index is 1.81. The van der Waals surface area contributed by atoms with Crippen LogP contribution >= 0.6 is 31.9 Å². The van der Waals surface area contributed by atoms with Crippen molar-refractivity contribution in [2.24, 2.45) is 5.10 Å². The molecule has 0 aliphatic heterocycles. The second-order valence-electron chi connectivity index (χ2n) is 5.56. The van der Waals surface area contributed by atoms with E-state index in [9.17, 15) is 19.8 Å². The minimum Gasteiger partial charge on any atom is -0.478 e. The summed E-state index contributed by atoms with van der Waals surface area (Å²) in [5.41, 5.74) is 3.58. The summed E-state index contributed by atoms with van der Waals surface area (Å²) in [5.74, 6) is -1.41. The summed E-state index contributed by atoms with van der Waals surface area (Å²) in [7, 11) is 0. The third-order valence-corrected chi connectivity index (χ3v) is 4.68. The minimum atomic E-state index is -1.09. The molecule has 0 bridgehead atoms. The zero-order valence-corrected chi connectivity index (χ0v) is 17.2. The summed E-state index contributed by atoms with van der Waals surface area (Å²) < 4.78 is 6.93. The number of anilines is 1. The van der Waals surface area contributed by atoms with Crippen molar-refractivity contribution in [1.29, 1.82) is 0 Å². The Morgan fingerprint density at radius 2 is 1.57 bits per heavy atom. The van der Waals surface area contributed by atoms with Crippen LogP contribution in [0.25, 0.3) is 11.3 Å². The SMILES string of the molecule is O=C(O)c1cc(Br)ccc1NN=Cc1ccc(-c2ccc(Br)cc2C(=O)O)o1. The van der Waals surface area contributed by atoms with Crippen LogP contribution in [0, 0.1) is 0 Å². The van der Waals surface area contributed by atoms with Crippen molar-refractivity contribution >= 4 is 55.7 Å². The van der Waals surface area contributed by atoms with E-state index in [-0.39, 0.29) is 11.1 Å². The van der Waals surface area contributed by atoms with E-state index in [2.05, 4.69) is 42.4 Å². The Morgan fingerprint density at radius 3 is 2.25 bits per heavy atom. The number of nitrogens with one attached hydrogen (secondary N) is 1. The van der Waals surface area contributed by atoms with Crippen molar-refractivity contribution < 1.29 is 24.2 Å². The number of aromatic carboxylic acids is 2. The number of hydrogen-bond donors (Lipinski definition) is 3. The molecule has 1 aromatic heterocycles. The van der Waals surface area contributed by atoms with Gasteiger partial charge in [-0.3, -0.25) is 5.43 Å². The van der Waals surface area contributed by atoms with Gasteiger partial charge in [-0.1, -0.05) is 31.9 Å². The third kappa shape index (κ3) is 4.49. The van der Waals surface area contributed by atoms with Crippen molar-refractivity contribution in [3.8, 4) is 11.3 Å². The van der Waals surface area contributed by atoms with Crippen LogP contribution in [0.3, 0.4) is 0 Å². The van der Waals surface area contributed by atoms with Gasteiger partial charge in [0.2, 0.25) is 0 Å².